The van der Waals surface area contributed by atoms with Crippen LogP contribution in [0.2, 0.25) is 0 Å². The van der Waals surface area contributed by atoms with Gasteiger partial charge in [0.25, 0.3) is 10.0 Å². The van der Waals surface area contributed by atoms with E-state index in [-0.39, 0.29) is 29.2 Å². The lowest BCUT2D eigenvalue weighted by atomic mass is 10.1. The van der Waals surface area contributed by atoms with Crippen molar-refractivity contribution >= 4 is 21.8 Å². The maximum absolute atomic E-state index is 12.3. The Morgan fingerprint density at radius 1 is 1.12 bits per heavy atom. The van der Waals surface area contributed by atoms with Crippen molar-refractivity contribution in [3.8, 4) is 0 Å². The first kappa shape index (κ1) is 17.2. The normalized spacial score (nSPS) is 15.8. The molecular weight excluding hydrogens is 338 g/mol. The van der Waals surface area contributed by atoms with Gasteiger partial charge in [0.05, 0.1) is 12.6 Å². The predicted octanol–water partition coefficient (Wildman–Crippen LogP) is 1.94. The van der Waals surface area contributed by atoms with E-state index in [9.17, 15) is 13.2 Å². The highest BCUT2D eigenvalue weighted by Gasteiger charge is 2.30. The third kappa shape index (κ3) is 3.56. The van der Waals surface area contributed by atoms with Crippen molar-refractivity contribution in [2.24, 2.45) is 4.40 Å². The second kappa shape index (κ2) is 6.68. The molecule has 25 heavy (non-hydrogen) atoms. The Morgan fingerprint density at radius 3 is 2.48 bits per heavy atom. The van der Waals surface area contributed by atoms with Gasteiger partial charge in [-0.2, -0.15) is 8.42 Å². The van der Waals surface area contributed by atoms with Crippen molar-refractivity contribution in [3.05, 3.63) is 65.7 Å². The molecule has 0 saturated carbocycles. The van der Waals surface area contributed by atoms with Gasteiger partial charge in [-0.15, -0.1) is 4.40 Å². The van der Waals surface area contributed by atoms with Crippen LogP contribution in [0.4, 0.5) is 0 Å². The van der Waals surface area contributed by atoms with Crippen molar-refractivity contribution in [3.63, 3.8) is 0 Å². The molecule has 7 heteroatoms. The molecule has 1 atom stereocenters. The number of carbonyl (C=O) groups excluding carboxylic acids is 1. The number of amides is 1. The predicted molar refractivity (Wildman–Crippen MR) is 95.8 cm³/mol. The van der Waals surface area contributed by atoms with Crippen LogP contribution >= 0.6 is 0 Å². The fraction of sp³-hybridized carbons (Fsp3) is 0.222. The third-order valence-corrected chi connectivity index (χ3v) is 5.36. The first-order valence-corrected chi connectivity index (χ1v) is 9.32. The molecule has 2 aromatic carbocycles. The number of rotatable bonds is 4. The van der Waals surface area contributed by atoms with Crippen LogP contribution in [0.15, 0.2) is 63.9 Å². The van der Waals surface area contributed by atoms with Crippen molar-refractivity contribution in [1.29, 1.82) is 0 Å². The number of benzene rings is 2. The number of carbonyl (C=O) groups is 1. The molecule has 6 nitrogen and oxygen atoms in total. The van der Waals surface area contributed by atoms with Gasteiger partial charge in [0.15, 0.2) is 5.84 Å². The molecule has 1 heterocycles. The van der Waals surface area contributed by atoms with Crippen LogP contribution in [-0.4, -0.2) is 38.7 Å². The molecule has 1 aliphatic heterocycles. The molecule has 0 aromatic heterocycles. The molecular formula is C18H19N3O3S. The Hall–Kier alpha value is -2.67. The zero-order valence-corrected chi connectivity index (χ0v) is 14.8. The maximum Gasteiger partial charge on any atom is 0.285 e. The molecule has 0 bridgehead atoms. The van der Waals surface area contributed by atoms with E-state index in [4.69, 9.17) is 0 Å². The number of amidine groups is 1. The van der Waals surface area contributed by atoms with Crippen molar-refractivity contribution in [2.75, 3.05) is 13.6 Å². The summed E-state index contributed by atoms with van der Waals surface area (Å²) in [6.45, 7) is 1.92. The van der Waals surface area contributed by atoms with Crippen LogP contribution in [0.25, 0.3) is 0 Å². The van der Waals surface area contributed by atoms with Crippen LogP contribution in [0.1, 0.15) is 24.1 Å². The highest BCUT2D eigenvalue weighted by atomic mass is 32.2. The van der Waals surface area contributed by atoms with Crippen LogP contribution in [0.5, 0.6) is 0 Å². The van der Waals surface area contributed by atoms with E-state index in [2.05, 4.69) is 9.71 Å². The average Bonchev–Trinajstić information content (AvgIpc) is 2.87. The quantitative estimate of drug-likeness (QED) is 0.907. The molecule has 0 fully saturated rings. The van der Waals surface area contributed by atoms with E-state index in [1.165, 1.54) is 6.07 Å². The van der Waals surface area contributed by atoms with E-state index in [0.717, 1.165) is 5.56 Å². The Kier molecular flexibility index (Phi) is 4.59. The molecule has 1 amide bonds. The fourth-order valence-electron chi connectivity index (χ4n) is 2.77. The van der Waals surface area contributed by atoms with Gasteiger partial charge >= 0.3 is 0 Å². The second-order valence-corrected chi connectivity index (χ2v) is 7.51. The molecule has 1 unspecified atom stereocenters. The molecule has 3 rings (SSSR count). The van der Waals surface area contributed by atoms with E-state index in [0.29, 0.717) is 5.56 Å². The number of hydrogen-bond donors (Lipinski definition) is 1. The summed E-state index contributed by atoms with van der Waals surface area (Å²) in [5.41, 5.74) is 1.53. The van der Waals surface area contributed by atoms with Gasteiger partial charge in [-0.1, -0.05) is 42.5 Å². The molecule has 0 saturated heterocycles. The third-order valence-electron chi connectivity index (χ3n) is 4.03. The van der Waals surface area contributed by atoms with Gasteiger partial charge in [-0.3, -0.25) is 4.79 Å². The highest BCUT2D eigenvalue weighted by molar-refractivity contribution is 7.90. The minimum atomic E-state index is -3.69. The van der Waals surface area contributed by atoms with E-state index in [1.807, 2.05) is 37.3 Å². The second-order valence-electron chi connectivity index (χ2n) is 5.94. The summed E-state index contributed by atoms with van der Waals surface area (Å²) in [6, 6.07) is 16.1. The Morgan fingerprint density at radius 2 is 1.76 bits per heavy atom. The van der Waals surface area contributed by atoms with E-state index < -0.39 is 10.0 Å². The van der Waals surface area contributed by atoms with Crippen molar-refractivity contribution in [1.82, 2.24) is 10.2 Å². The van der Waals surface area contributed by atoms with Gasteiger partial charge < -0.3 is 10.2 Å². The van der Waals surface area contributed by atoms with Gasteiger partial charge in [0.2, 0.25) is 5.91 Å². The lowest BCUT2D eigenvalue weighted by molar-refractivity contribution is -0.121. The maximum atomic E-state index is 12.3. The summed E-state index contributed by atoms with van der Waals surface area (Å²) in [7, 11) is -2.03. The molecule has 1 N–H and O–H groups in total. The zero-order valence-electron chi connectivity index (χ0n) is 14.0. The number of fused-ring (bicyclic) bond motifs is 1. The van der Waals surface area contributed by atoms with Crippen LogP contribution in [-0.2, 0) is 14.8 Å². The standard InChI is InChI=1S/C18H19N3O3S/c1-13(14-8-4-3-5-9-14)19-17(22)12-21(2)18-15-10-6-7-11-16(15)25(23,24)20-18/h3-11,13H,12H2,1-2H3,(H,19,22). The molecule has 130 valence electrons. The Balaban J connectivity index is 1.71. The Bertz CT molecular complexity index is 924. The van der Waals surface area contributed by atoms with Crippen LogP contribution < -0.4 is 5.32 Å². The lowest BCUT2D eigenvalue weighted by Crippen LogP contribution is -2.39. The van der Waals surface area contributed by atoms with E-state index in [1.54, 1.807) is 30.1 Å². The van der Waals surface area contributed by atoms with Gasteiger partial charge in [-0.25, -0.2) is 0 Å². The Labute approximate surface area is 147 Å². The van der Waals surface area contributed by atoms with Gasteiger partial charge in [0, 0.05) is 12.6 Å². The number of nitrogens with one attached hydrogen (secondary N) is 1. The number of nitrogens with zero attached hydrogens (tertiary/aromatic N) is 2. The fourth-order valence-corrected chi connectivity index (χ4v) is 4.02. The van der Waals surface area contributed by atoms with E-state index >= 15 is 0 Å². The zero-order chi connectivity index (χ0) is 18.0. The lowest BCUT2D eigenvalue weighted by Gasteiger charge is -2.20. The molecule has 0 radical (unpaired) electrons. The minimum Gasteiger partial charge on any atom is -0.349 e. The van der Waals surface area contributed by atoms with Crippen LogP contribution in [0, 0.1) is 0 Å². The summed E-state index contributed by atoms with van der Waals surface area (Å²) in [6.07, 6.45) is 0. The molecule has 0 aliphatic carbocycles. The summed E-state index contributed by atoms with van der Waals surface area (Å²) < 4.78 is 28.0. The molecule has 2 aromatic rings. The van der Waals surface area contributed by atoms with Gasteiger partial charge in [-0.05, 0) is 24.6 Å². The number of likely N-dealkylation sites (N-methyl/N-ethyl adjacent to an activating group) is 1. The summed E-state index contributed by atoms with van der Waals surface area (Å²) in [4.78, 5) is 14.0. The minimum absolute atomic E-state index is 0.0138. The smallest absolute Gasteiger partial charge is 0.285 e. The summed E-state index contributed by atoms with van der Waals surface area (Å²) in [5, 5.41) is 2.91. The average molecular weight is 357 g/mol. The highest BCUT2D eigenvalue weighted by Crippen LogP contribution is 2.26. The summed E-state index contributed by atoms with van der Waals surface area (Å²) in [5.74, 6) is 0.0847. The van der Waals surface area contributed by atoms with Gasteiger partial charge in [0.1, 0.15) is 4.90 Å². The molecule has 0 spiro atoms. The van der Waals surface area contributed by atoms with Crippen LogP contribution in [0.3, 0.4) is 0 Å². The monoisotopic (exact) mass is 357 g/mol. The number of sulfonamides is 1. The number of hydrogen-bond acceptors (Lipinski definition) is 4. The SMILES string of the molecule is CC(NC(=O)CN(C)C1=NS(=O)(=O)c2ccccc21)c1ccccc1. The topological polar surface area (TPSA) is 78.8 Å². The summed E-state index contributed by atoms with van der Waals surface area (Å²) >= 11 is 0. The van der Waals surface area contributed by atoms with Crippen molar-refractivity contribution < 1.29 is 13.2 Å². The largest absolute Gasteiger partial charge is 0.349 e. The first-order chi connectivity index (χ1) is 11.9. The molecule has 1 aliphatic rings. The first-order valence-electron chi connectivity index (χ1n) is 7.88. The van der Waals surface area contributed by atoms with Crippen molar-refractivity contribution in [2.45, 2.75) is 17.9 Å².